The second-order valence-electron chi connectivity index (χ2n) is 13.6. The first-order valence-corrected chi connectivity index (χ1v) is 16.7. The van der Waals surface area contributed by atoms with Gasteiger partial charge in [0.05, 0.1) is 12.6 Å². The first kappa shape index (κ1) is 46.7. The van der Waals surface area contributed by atoms with E-state index in [1.54, 1.807) is 5.32 Å². The highest BCUT2D eigenvalue weighted by Gasteiger charge is 2.40. The molecule has 1 saturated carbocycles. The average molecular weight is 696 g/mol. The zero-order valence-electron chi connectivity index (χ0n) is 30.4. The molecule has 0 aromatic rings. The van der Waals surface area contributed by atoms with Crippen LogP contribution in [0.5, 0.6) is 0 Å². The van der Waals surface area contributed by atoms with Crippen molar-refractivity contribution in [2.24, 2.45) is 28.9 Å². The average Bonchev–Trinajstić information content (AvgIpc) is 3.74. The Bertz CT molecular complexity index is 1010. The number of ether oxygens (including phenoxy) is 1. The Morgan fingerprint density at radius 3 is 1.96 bits per heavy atom. The number of carbonyl (C=O) groups excluding carboxylic acids is 6. The first-order chi connectivity index (χ1) is 22.1. The summed E-state index contributed by atoms with van der Waals surface area (Å²) in [7, 11) is 0. The Hall–Kier alpha value is -3.39. The van der Waals surface area contributed by atoms with E-state index in [4.69, 9.17) is 4.74 Å². The largest absolute Gasteiger partial charge is 0.464 e. The highest BCUT2D eigenvalue weighted by Crippen LogP contribution is 2.30. The third kappa shape index (κ3) is 21.5. The van der Waals surface area contributed by atoms with Gasteiger partial charge in [-0.2, -0.15) is 13.2 Å². The highest BCUT2D eigenvalue weighted by molar-refractivity contribution is 6.37. The van der Waals surface area contributed by atoms with Crippen molar-refractivity contribution in [1.29, 1.82) is 0 Å². The minimum absolute atomic E-state index is 0.0435. The molecule has 12 nitrogen and oxygen atoms in total. The summed E-state index contributed by atoms with van der Waals surface area (Å²) in [6.45, 7) is 21.5. The van der Waals surface area contributed by atoms with Gasteiger partial charge in [-0.05, 0) is 55.8 Å². The Kier molecular flexibility index (Phi) is 22.4. The summed E-state index contributed by atoms with van der Waals surface area (Å²) in [5, 5.41) is 7.09. The van der Waals surface area contributed by atoms with Gasteiger partial charge >= 0.3 is 18.2 Å². The summed E-state index contributed by atoms with van der Waals surface area (Å²) in [6, 6.07) is -2.51. The third-order valence-electron chi connectivity index (χ3n) is 7.03. The number of hydrogen-bond acceptors (Lipinski definition) is 7. The zero-order valence-corrected chi connectivity index (χ0v) is 30.4. The molecule has 48 heavy (non-hydrogen) atoms. The van der Waals surface area contributed by atoms with Crippen LogP contribution < -0.4 is 21.7 Å². The van der Waals surface area contributed by atoms with E-state index in [0.717, 1.165) is 38.1 Å². The van der Waals surface area contributed by atoms with Crippen LogP contribution in [-0.4, -0.2) is 84.9 Å². The summed E-state index contributed by atoms with van der Waals surface area (Å²) in [6.07, 6.45) is -2.15. The number of alkyl halides is 3. The van der Waals surface area contributed by atoms with Gasteiger partial charge in [-0.3, -0.25) is 24.0 Å². The van der Waals surface area contributed by atoms with Crippen LogP contribution in [0.4, 0.5) is 18.0 Å². The Morgan fingerprint density at radius 2 is 1.56 bits per heavy atom. The van der Waals surface area contributed by atoms with Crippen LogP contribution in [0.3, 0.4) is 0 Å². The summed E-state index contributed by atoms with van der Waals surface area (Å²) < 4.78 is 40.4. The van der Waals surface area contributed by atoms with Crippen molar-refractivity contribution in [3.8, 4) is 0 Å². The second-order valence-corrected chi connectivity index (χ2v) is 13.6. The zero-order chi connectivity index (χ0) is 37.8. The van der Waals surface area contributed by atoms with E-state index in [0.29, 0.717) is 18.4 Å². The van der Waals surface area contributed by atoms with Crippen LogP contribution >= 0.6 is 0 Å². The molecule has 15 heteroatoms. The van der Waals surface area contributed by atoms with Crippen LogP contribution in [0.25, 0.3) is 0 Å². The van der Waals surface area contributed by atoms with E-state index in [1.807, 2.05) is 39.5 Å². The van der Waals surface area contributed by atoms with Crippen molar-refractivity contribution in [3.63, 3.8) is 0 Å². The fraction of sp³-hybridized carbons (Fsp3) is 0.818. The molecule has 0 spiro atoms. The lowest BCUT2D eigenvalue weighted by atomic mass is 9.85. The first-order valence-electron chi connectivity index (χ1n) is 16.7. The number of urea groups is 1. The SMILES string of the molecule is CC.CC(C)C.CCC1CC(C)N(C(=O)C(NC(=O)NCC(=O)OCC2CC2)C(C)(C)C)C1.NC(=O)C(=O)C(CCC(F)(F)F)NC=O. The molecular formula is C33H60F3N5O7. The predicted octanol–water partition coefficient (Wildman–Crippen LogP) is 4.49. The predicted molar refractivity (Wildman–Crippen MR) is 177 cm³/mol. The topological polar surface area (TPSA) is 177 Å². The smallest absolute Gasteiger partial charge is 0.389 e. The molecule has 0 bridgehead atoms. The molecule has 4 atom stereocenters. The van der Waals surface area contributed by atoms with E-state index >= 15 is 0 Å². The number of nitrogens with two attached hydrogens (primary N) is 1. The van der Waals surface area contributed by atoms with Gasteiger partial charge < -0.3 is 31.3 Å². The van der Waals surface area contributed by atoms with E-state index < -0.39 is 60.2 Å². The van der Waals surface area contributed by atoms with Gasteiger partial charge in [0, 0.05) is 19.0 Å². The van der Waals surface area contributed by atoms with Gasteiger partial charge in [0.1, 0.15) is 12.6 Å². The lowest BCUT2D eigenvalue weighted by Crippen LogP contribution is -2.57. The highest BCUT2D eigenvalue weighted by atomic mass is 19.4. The number of likely N-dealkylation sites (tertiary alicyclic amines) is 1. The monoisotopic (exact) mass is 695 g/mol. The van der Waals surface area contributed by atoms with E-state index in [9.17, 15) is 41.9 Å². The molecule has 5 amide bonds. The number of esters is 1. The van der Waals surface area contributed by atoms with Crippen molar-refractivity contribution in [3.05, 3.63) is 0 Å². The number of nitrogens with one attached hydrogen (secondary N) is 3. The third-order valence-corrected chi connectivity index (χ3v) is 7.03. The molecule has 1 heterocycles. The molecule has 5 N–H and O–H groups in total. The number of amides is 5. The number of halogens is 3. The van der Waals surface area contributed by atoms with Crippen LogP contribution in [0.1, 0.15) is 108 Å². The fourth-order valence-corrected chi connectivity index (χ4v) is 4.29. The summed E-state index contributed by atoms with van der Waals surface area (Å²) in [4.78, 5) is 70.2. The van der Waals surface area contributed by atoms with Gasteiger partial charge in [-0.15, -0.1) is 0 Å². The molecule has 0 aromatic heterocycles. The van der Waals surface area contributed by atoms with Gasteiger partial charge in [0.15, 0.2) is 0 Å². The minimum atomic E-state index is -4.46. The van der Waals surface area contributed by atoms with Crippen LogP contribution in [-0.2, 0) is 28.7 Å². The normalized spacial score (nSPS) is 18.2. The Labute approximate surface area is 284 Å². The molecule has 1 aliphatic heterocycles. The quantitative estimate of drug-likeness (QED) is 0.125. The maximum Gasteiger partial charge on any atom is 0.389 e. The van der Waals surface area contributed by atoms with Crippen molar-refractivity contribution >= 4 is 36.0 Å². The Morgan fingerprint density at radius 1 is 1.02 bits per heavy atom. The second kappa shape index (κ2) is 23.0. The molecule has 0 aromatic carbocycles. The van der Waals surface area contributed by atoms with Crippen molar-refractivity contribution in [2.45, 2.75) is 132 Å². The number of ketones is 1. The maximum atomic E-state index is 13.1. The summed E-state index contributed by atoms with van der Waals surface area (Å²) in [5.41, 5.74) is 4.14. The summed E-state index contributed by atoms with van der Waals surface area (Å²) >= 11 is 0. The number of nitrogens with zero attached hydrogens (tertiary/aromatic N) is 1. The molecule has 1 saturated heterocycles. The van der Waals surface area contributed by atoms with Crippen molar-refractivity contribution < 1.29 is 46.7 Å². The summed E-state index contributed by atoms with van der Waals surface area (Å²) in [5.74, 6) is -1.30. The van der Waals surface area contributed by atoms with E-state index in [2.05, 4.69) is 51.0 Å². The number of Topliss-reactive ketones (excluding diaryl/α,β-unsaturated/α-hetero) is 1. The van der Waals surface area contributed by atoms with Crippen LogP contribution in [0.15, 0.2) is 0 Å². The van der Waals surface area contributed by atoms with Crippen LogP contribution in [0, 0.1) is 23.2 Å². The van der Waals surface area contributed by atoms with Crippen molar-refractivity contribution in [1.82, 2.24) is 20.9 Å². The van der Waals surface area contributed by atoms with E-state index in [1.165, 1.54) is 0 Å². The minimum Gasteiger partial charge on any atom is -0.464 e. The molecule has 280 valence electrons. The van der Waals surface area contributed by atoms with Gasteiger partial charge in [0.25, 0.3) is 5.91 Å². The van der Waals surface area contributed by atoms with Crippen LogP contribution in [0.2, 0.25) is 0 Å². The van der Waals surface area contributed by atoms with Gasteiger partial charge in [0.2, 0.25) is 18.1 Å². The standard InChI is InChI=1S/C20H35N3O4.C7H9F3N2O3.C4H10.C2H6/c1-6-14-9-13(2)23(11-14)18(25)17(20(3,4)5)22-19(26)21-10-16(24)27-12-15-7-8-15;8-7(9,10)2-1-4(12-3-13)5(14)6(11)15;1-4(2)3;1-2/h13-15,17H,6-12H2,1-5H3,(H2,21,22,26);3-4H,1-2H2,(H2,11,15)(H,12,13);4H,1-3H3;1-2H3. The van der Waals surface area contributed by atoms with E-state index in [-0.39, 0.29) is 24.9 Å². The number of rotatable bonds is 13. The number of hydrogen-bond donors (Lipinski definition) is 4. The maximum absolute atomic E-state index is 13.1. The lowest BCUT2D eigenvalue weighted by molar-refractivity contribution is -0.144. The van der Waals surface area contributed by atoms with Gasteiger partial charge in [-0.25, -0.2) is 4.79 Å². The molecule has 2 fully saturated rings. The molecular weight excluding hydrogens is 635 g/mol. The molecule has 0 radical (unpaired) electrons. The fourth-order valence-electron chi connectivity index (χ4n) is 4.29. The number of carbonyl (C=O) groups is 6. The molecule has 2 aliphatic rings. The molecule has 1 aliphatic carbocycles. The van der Waals surface area contributed by atoms with Crippen molar-refractivity contribution in [2.75, 3.05) is 19.7 Å². The lowest BCUT2D eigenvalue weighted by Gasteiger charge is -2.35. The Balaban J connectivity index is 0. The van der Waals surface area contributed by atoms with Gasteiger partial charge in [-0.1, -0.05) is 68.7 Å². The molecule has 2 rings (SSSR count). The molecule has 4 unspecified atom stereocenters. The number of primary amides is 1.